The Morgan fingerprint density at radius 2 is 2.06 bits per heavy atom. The molecule has 0 aliphatic rings. The third-order valence-corrected chi connectivity index (χ3v) is 2.74. The molecule has 0 spiro atoms. The fraction of sp³-hybridized carbons (Fsp3) is 0.182. The van der Waals surface area contributed by atoms with Crippen molar-refractivity contribution in [3.8, 4) is 0 Å². The summed E-state index contributed by atoms with van der Waals surface area (Å²) < 4.78 is 1.72. The fourth-order valence-corrected chi connectivity index (χ4v) is 1.74. The first-order valence-corrected chi connectivity index (χ1v) is 6.06. The fourth-order valence-electron chi connectivity index (χ4n) is 1.26. The van der Waals surface area contributed by atoms with Gasteiger partial charge < -0.3 is 0 Å². The monoisotopic (exact) mass is 232 g/mol. The van der Waals surface area contributed by atoms with E-state index in [2.05, 4.69) is 15.1 Å². The average molecular weight is 232 g/mol. The number of thioether (sulfide) groups is 1. The highest BCUT2D eigenvalue weighted by Gasteiger charge is 2.03. The number of aromatic nitrogens is 3. The van der Waals surface area contributed by atoms with Gasteiger partial charge >= 0.3 is 0 Å². The summed E-state index contributed by atoms with van der Waals surface area (Å²) in [5, 5.41) is 5.04. The summed E-state index contributed by atoms with van der Waals surface area (Å²) >= 11 is 1.55. The Bertz CT molecular complexity index is 490. The van der Waals surface area contributed by atoms with Gasteiger partial charge in [-0.2, -0.15) is 4.98 Å². The van der Waals surface area contributed by atoms with E-state index in [-0.39, 0.29) is 0 Å². The molecule has 0 N–H and O–H groups in total. The second-order valence-corrected chi connectivity index (χ2v) is 3.96. The summed E-state index contributed by atoms with van der Waals surface area (Å²) in [6.45, 7) is 0. The average Bonchev–Trinajstić information content (AvgIpc) is 2.69. The zero-order chi connectivity index (χ0) is 11.4. The molecule has 0 radical (unpaired) electrons. The molecule has 0 amide bonds. The normalized spacial score (nSPS) is 11.1. The van der Waals surface area contributed by atoms with Gasteiger partial charge in [-0.3, -0.25) is 0 Å². The quantitative estimate of drug-likeness (QED) is 0.602. The molecule has 4 nitrogen and oxygen atoms in total. The summed E-state index contributed by atoms with van der Waals surface area (Å²) in [7, 11) is 1.86. The Kier molecular flexibility index (Phi) is 3.36. The molecule has 82 valence electrons. The van der Waals surface area contributed by atoms with Crippen LogP contribution in [0.25, 0.3) is 0 Å². The Labute approximate surface area is 98.4 Å². The molecule has 5 heteroatoms. The molecule has 1 aromatic carbocycles. The minimum atomic E-state index is 0.496. The van der Waals surface area contributed by atoms with Crippen molar-refractivity contribution in [2.75, 3.05) is 6.26 Å². The first kappa shape index (κ1) is 10.9. The van der Waals surface area contributed by atoms with Gasteiger partial charge in [0.15, 0.2) is 5.16 Å². The lowest BCUT2D eigenvalue weighted by atomic mass is 10.2. The number of benzene rings is 1. The highest BCUT2D eigenvalue weighted by Crippen LogP contribution is 2.14. The first-order valence-electron chi connectivity index (χ1n) is 4.84. The second kappa shape index (κ2) is 4.94. The molecule has 2 rings (SSSR count). The highest BCUT2D eigenvalue weighted by molar-refractivity contribution is 7.98. The third kappa shape index (κ3) is 2.49. The molecule has 0 saturated carbocycles. The molecule has 0 bridgehead atoms. The zero-order valence-corrected chi connectivity index (χ0v) is 9.98. The molecule has 0 aliphatic heterocycles. The Morgan fingerprint density at radius 1 is 1.31 bits per heavy atom. The number of rotatable bonds is 3. The lowest BCUT2D eigenvalue weighted by molar-refractivity contribution is 0.686. The van der Waals surface area contributed by atoms with E-state index in [1.165, 1.54) is 0 Å². The predicted molar refractivity (Wildman–Crippen MR) is 66.5 cm³/mol. The molecule has 1 heterocycles. The van der Waals surface area contributed by atoms with Crippen LogP contribution in [0.2, 0.25) is 0 Å². The summed E-state index contributed by atoms with van der Waals surface area (Å²) in [5.74, 6) is 0.496. The number of hydrogen-bond donors (Lipinski definition) is 0. The molecule has 16 heavy (non-hydrogen) atoms. The van der Waals surface area contributed by atoms with Crippen LogP contribution in [0.15, 0.2) is 40.5 Å². The number of hydrogen-bond acceptors (Lipinski definition) is 4. The number of aryl methyl sites for hydroxylation is 1. The molecular weight excluding hydrogens is 220 g/mol. The van der Waals surface area contributed by atoms with Gasteiger partial charge in [0.2, 0.25) is 0 Å². The van der Waals surface area contributed by atoms with Gasteiger partial charge in [0.1, 0.15) is 0 Å². The van der Waals surface area contributed by atoms with Crippen LogP contribution in [0.5, 0.6) is 0 Å². The van der Waals surface area contributed by atoms with Crippen molar-refractivity contribution in [2.24, 2.45) is 12.0 Å². The molecule has 0 aliphatic carbocycles. The summed E-state index contributed by atoms with van der Waals surface area (Å²) in [6, 6.07) is 9.90. The van der Waals surface area contributed by atoms with E-state index < -0.39 is 0 Å². The van der Waals surface area contributed by atoms with E-state index >= 15 is 0 Å². The van der Waals surface area contributed by atoms with Gasteiger partial charge in [-0.15, -0.1) is 5.10 Å². The molecular formula is C11H12N4S. The maximum atomic E-state index is 4.26. The first-order chi connectivity index (χ1) is 7.79. The van der Waals surface area contributed by atoms with E-state index in [0.717, 1.165) is 10.7 Å². The molecule has 1 aromatic heterocycles. The summed E-state index contributed by atoms with van der Waals surface area (Å²) in [4.78, 5) is 8.48. The van der Waals surface area contributed by atoms with E-state index in [9.17, 15) is 0 Å². The topological polar surface area (TPSA) is 43.1 Å². The van der Waals surface area contributed by atoms with Crippen molar-refractivity contribution < 1.29 is 0 Å². The van der Waals surface area contributed by atoms with Gasteiger partial charge in [-0.25, -0.2) is 9.67 Å². The van der Waals surface area contributed by atoms with Gasteiger partial charge in [0.05, 0.1) is 0 Å². The van der Waals surface area contributed by atoms with Gasteiger partial charge in [0, 0.05) is 13.3 Å². The summed E-state index contributed by atoms with van der Waals surface area (Å²) in [5.41, 5.74) is 1.04. The van der Waals surface area contributed by atoms with E-state index in [0.29, 0.717) is 5.95 Å². The van der Waals surface area contributed by atoms with Crippen molar-refractivity contribution >= 4 is 23.9 Å². The smallest absolute Gasteiger partial charge is 0.242 e. The standard InChI is InChI=1S/C11H12N4S/c1-15-11(16-2)13-10(14-15)12-8-9-6-4-3-5-7-9/h3-8H,1-2H3/b12-8-. The highest BCUT2D eigenvalue weighted by atomic mass is 32.2. The SMILES string of the molecule is CSc1nc(/N=C\c2ccccc2)nn1C. The van der Waals surface area contributed by atoms with Crippen LogP contribution in [-0.4, -0.2) is 27.2 Å². The minimum Gasteiger partial charge on any atom is -0.242 e. The lowest BCUT2D eigenvalue weighted by Crippen LogP contribution is -1.91. The van der Waals surface area contributed by atoms with E-state index in [1.807, 2.05) is 43.6 Å². The van der Waals surface area contributed by atoms with Crippen molar-refractivity contribution in [1.29, 1.82) is 0 Å². The van der Waals surface area contributed by atoms with Crippen LogP contribution in [-0.2, 0) is 7.05 Å². The molecule has 0 saturated heterocycles. The molecule has 0 atom stereocenters. The van der Waals surface area contributed by atoms with Crippen molar-refractivity contribution in [1.82, 2.24) is 14.8 Å². The van der Waals surface area contributed by atoms with Crippen LogP contribution in [0.4, 0.5) is 5.95 Å². The third-order valence-electron chi connectivity index (χ3n) is 2.02. The molecule has 0 unspecified atom stereocenters. The predicted octanol–water partition coefficient (Wildman–Crippen LogP) is 2.29. The van der Waals surface area contributed by atoms with Crippen molar-refractivity contribution in [3.05, 3.63) is 35.9 Å². The van der Waals surface area contributed by atoms with Crippen LogP contribution in [0.3, 0.4) is 0 Å². The summed E-state index contributed by atoms with van der Waals surface area (Å²) in [6.07, 6.45) is 3.73. The minimum absolute atomic E-state index is 0.496. The van der Waals surface area contributed by atoms with Crippen LogP contribution in [0.1, 0.15) is 5.56 Å². The van der Waals surface area contributed by atoms with Gasteiger partial charge in [-0.1, -0.05) is 42.1 Å². The van der Waals surface area contributed by atoms with Crippen LogP contribution in [0, 0.1) is 0 Å². The number of aliphatic imine (C=N–C) groups is 1. The molecule has 2 aromatic rings. The Hall–Kier alpha value is -1.62. The van der Waals surface area contributed by atoms with E-state index in [1.54, 1.807) is 22.7 Å². The van der Waals surface area contributed by atoms with Crippen molar-refractivity contribution in [3.63, 3.8) is 0 Å². The second-order valence-electron chi connectivity index (χ2n) is 3.19. The lowest BCUT2D eigenvalue weighted by Gasteiger charge is -1.89. The van der Waals surface area contributed by atoms with Gasteiger partial charge in [-0.05, 0) is 11.8 Å². The van der Waals surface area contributed by atoms with Gasteiger partial charge in [0.25, 0.3) is 5.95 Å². The molecule has 0 fully saturated rings. The van der Waals surface area contributed by atoms with Crippen LogP contribution >= 0.6 is 11.8 Å². The zero-order valence-electron chi connectivity index (χ0n) is 9.16. The van der Waals surface area contributed by atoms with Crippen molar-refractivity contribution in [2.45, 2.75) is 5.16 Å². The largest absolute Gasteiger partial charge is 0.269 e. The Morgan fingerprint density at radius 3 is 2.69 bits per heavy atom. The Balaban J connectivity index is 2.18. The maximum Gasteiger partial charge on any atom is 0.269 e. The number of nitrogens with zero attached hydrogens (tertiary/aromatic N) is 4. The van der Waals surface area contributed by atoms with Crippen LogP contribution < -0.4 is 0 Å². The van der Waals surface area contributed by atoms with E-state index in [4.69, 9.17) is 0 Å². The maximum absolute atomic E-state index is 4.26.